The summed E-state index contributed by atoms with van der Waals surface area (Å²) in [4.78, 5) is 28.6. The number of likely N-dealkylation sites (tertiary alicyclic amines) is 1. The van der Waals surface area contributed by atoms with Gasteiger partial charge in [0.2, 0.25) is 5.91 Å². The molecule has 1 unspecified atom stereocenters. The molecule has 0 aromatic heterocycles. The third-order valence-corrected chi connectivity index (χ3v) is 9.51. The Morgan fingerprint density at radius 3 is 2.69 bits per heavy atom. The molecule has 3 heterocycles. The van der Waals surface area contributed by atoms with Crippen molar-refractivity contribution in [3.8, 4) is 0 Å². The number of rotatable bonds is 6. The monoisotopic (exact) mass is 612 g/mol. The van der Waals surface area contributed by atoms with E-state index in [-0.39, 0.29) is 29.1 Å². The maximum atomic E-state index is 15.9. The largest absolute Gasteiger partial charge is 0.465 e. The van der Waals surface area contributed by atoms with Crippen LogP contribution in [0.4, 0.5) is 15.8 Å². The first kappa shape index (κ1) is 28.9. The summed E-state index contributed by atoms with van der Waals surface area (Å²) < 4.78 is 26.3. The number of ether oxygens (including phenoxy) is 2. The Labute approximate surface area is 253 Å². The average molecular weight is 614 g/mol. The third-order valence-electron chi connectivity index (χ3n) is 8.98. The molecule has 6 rings (SSSR count). The first-order valence-corrected chi connectivity index (χ1v) is 14.5. The average Bonchev–Trinajstić information content (AvgIpc) is 3.49. The Bertz CT molecular complexity index is 1570. The number of hydrogen-bond acceptors (Lipinski definition) is 7. The van der Waals surface area contributed by atoms with Crippen LogP contribution >= 0.6 is 23.2 Å². The number of fused-ring (bicyclic) bond motifs is 2. The zero-order chi connectivity index (χ0) is 29.8. The van der Waals surface area contributed by atoms with Gasteiger partial charge in [-0.15, -0.1) is 0 Å². The number of nitrogen functional groups attached to an aromatic ring is 1. The van der Waals surface area contributed by atoms with Gasteiger partial charge in [0.1, 0.15) is 11.4 Å². The number of esters is 1. The lowest BCUT2D eigenvalue weighted by atomic mass is 9.71. The van der Waals surface area contributed by atoms with E-state index in [1.165, 1.54) is 13.2 Å². The van der Waals surface area contributed by atoms with Gasteiger partial charge in [0, 0.05) is 60.5 Å². The normalized spacial score (nSPS) is 26.6. The van der Waals surface area contributed by atoms with E-state index in [2.05, 4.69) is 15.5 Å². The smallest absolute Gasteiger partial charge is 0.337 e. The van der Waals surface area contributed by atoms with Crippen LogP contribution in [0, 0.1) is 5.82 Å². The van der Waals surface area contributed by atoms with Crippen LogP contribution in [0.25, 0.3) is 0 Å². The van der Waals surface area contributed by atoms with E-state index in [1.807, 2.05) is 12.1 Å². The highest BCUT2D eigenvalue weighted by atomic mass is 35.5. The first-order valence-electron chi connectivity index (χ1n) is 13.7. The number of halogens is 3. The molecule has 0 bridgehead atoms. The van der Waals surface area contributed by atoms with Crippen LogP contribution in [0.1, 0.15) is 45.4 Å². The van der Waals surface area contributed by atoms with Gasteiger partial charge < -0.3 is 25.8 Å². The number of hydrogen-bond donors (Lipinski definition) is 3. The van der Waals surface area contributed by atoms with Gasteiger partial charge in [-0.25, -0.2) is 9.18 Å². The molecule has 8 nitrogen and oxygen atoms in total. The standard InChI is InChI=1S/C31H31Cl2FN4O4/c1-41-11-10-38-25-14-24(19-9-7-16(12-22(19)35)29(39)42-2)36-28(25)26(20-4-3-5-21(33)27(20)34)31(38)15-17-6-8-18(32)13-23(17)37-30(31)40/h3-9,12-13,24-26,28,36H,10-11,14-15,35H2,1-2H3,(H,37,40)/t24?,25-,26-,28+,31+/m0/s1. The molecule has 0 aliphatic carbocycles. The number of nitrogens with two attached hydrogens (primary N) is 1. The molecule has 42 heavy (non-hydrogen) atoms. The molecule has 0 radical (unpaired) electrons. The molecule has 3 aliphatic heterocycles. The summed E-state index contributed by atoms with van der Waals surface area (Å²) >= 11 is 12.6. The Hall–Kier alpha value is -3.21. The Kier molecular flexibility index (Phi) is 7.66. The second-order valence-corrected chi connectivity index (χ2v) is 11.9. The summed E-state index contributed by atoms with van der Waals surface area (Å²) in [6.07, 6.45) is 0.943. The van der Waals surface area contributed by atoms with E-state index >= 15 is 4.39 Å². The van der Waals surface area contributed by atoms with Gasteiger partial charge in [-0.3, -0.25) is 9.69 Å². The molecule has 2 fully saturated rings. The maximum absolute atomic E-state index is 15.9. The summed E-state index contributed by atoms with van der Waals surface area (Å²) in [5.41, 5.74) is 8.84. The molecule has 220 valence electrons. The number of methoxy groups -OCH3 is 2. The Morgan fingerprint density at radius 1 is 1.14 bits per heavy atom. The summed E-state index contributed by atoms with van der Waals surface area (Å²) in [5, 5.41) is 7.31. The molecule has 5 atom stereocenters. The van der Waals surface area contributed by atoms with Crippen molar-refractivity contribution in [2.45, 2.75) is 42.4 Å². The van der Waals surface area contributed by atoms with Gasteiger partial charge in [-0.2, -0.15) is 0 Å². The molecule has 3 aromatic carbocycles. The lowest BCUT2D eigenvalue weighted by Gasteiger charge is -2.46. The van der Waals surface area contributed by atoms with Crippen molar-refractivity contribution in [2.24, 2.45) is 0 Å². The quantitative estimate of drug-likeness (QED) is 0.267. The third kappa shape index (κ3) is 4.55. The van der Waals surface area contributed by atoms with Crippen LogP contribution < -0.4 is 16.4 Å². The van der Waals surface area contributed by atoms with Crippen LogP contribution in [0.15, 0.2) is 54.6 Å². The minimum absolute atomic E-state index is 0.00451. The lowest BCUT2D eigenvalue weighted by molar-refractivity contribution is -0.129. The van der Waals surface area contributed by atoms with Crippen LogP contribution in [0.5, 0.6) is 0 Å². The summed E-state index contributed by atoms with van der Waals surface area (Å²) in [6, 6.07) is 14.8. The summed E-state index contributed by atoms with van der Waals surface area (Å²) in [5.74, 6) is -1.86. The molecule has 1 spiro atoms. The number of benzene rings is 3. The Balaban J connectivity index is 1.48. The Morgan fingerprint density at radius 2 is 1.95 bits per heavy atom. The molecule has 11 heteroatoms. The molecule has 3 aromatic rings. The van der Waals surface area contributed by atoms with E-state index in [9.17, 15) is 9.59 Å². The SMILES string of the molecule is COCCN1[C@H]2CC(c3ccc(C(=O)OC)cc3N)N[C@H]2[C@H](c2cccc(Cl)c2F)[C@@]12Cc1ccc(Cl)cc1NC2=O. The van der Waals surface area contributed by atoms with Gasteiger partial charge in [0.05, 0.1) is 24.3 Å². The van der Waals surface area contributed by atoms with Gasteiger partial charge in [-0.05, 0) is 53.4 Å². The van der Waals surface area contributed by atoms with Crippen LogP contribution in [0.2, 0.25) is 10.0 Å². The van der Waals surface area contributed by atoms with Crippen molar-refractivity contribution >= 4 is 46.5 Å². The van der Waals surface area contributed by atoms with E-state index in [0.717, 1.165) is 11.1 Å². The minimum atomic E-state index is -1.14. The highest BCUT2D eigenvalue weighted by molar-refractivity contribution is 6.31. The van der Waals surface area contributed by atoms with Crippen molar-refractivity contribution in [1.82, 2.24) is 10.2 Å². The summed E-state index contributed by atoms with van der Waals surface area (Å²) in [7, 11) is 2.94. The molecule has 0 saturated carbocycles. The predicted octanol–water partition coefficient (Wildman–Crippen LogP) is 4.95. The molecule has 3 aliphatic rings. The number of nitrogens with zero attached hydrogens (tertiary/aromatic N) is 1. The van der Waals surface area contributed by atoms with Crippen LogP contribution in [0.3, 0.4) is 0 Å². The van der Waals surface area contributed by atoms with E-state index in [0.29, 0.717) is 53.5 Å². The van der Waals surface area contributed by atoms with Crippen LogP contribution in [-0.4, -0.2) is 61.8 Å². The fourth-order valence-electron chi connectivity index (χ4n) is 7.23. The highest BCUT2D eigenvalue weighted by Crippen LogP contribution is 2.55. The van der Waals surface area contributed by atoms with Crippen molar-refractivity contribution in [3.63, 3.8) is 0 Å². The zero-order valence-corrected chi connectivity index (χ0v) is 24.6. The number of amides is 1. The minimum Gasteiger partial charge on any atom is -0.465 e. The van der Waals surface area contributed by atoms with E-state index < -0.39 is 23.2 Å². The lowest BCUT2D eigenvalue weighted by Crippen LogP contribution is -2.62. The fourth-order valence-corrected chi connectivity index (χ4v) is 7.59. The van der Waals surface area contributed by atoms with Crippen molar-refractivity contribution in [2.75, 3.05) is 38.4 Å². The fraction of sp³-hybridized carbons (Fsp3) is 0.355. The molecule has 2 saturated heterocycles. The molecular weight excluding hydrogens is 582 g/mol. The highest BCUT2D eigenvalue weighted by Gasteiger charge is 2.66. The molecule has 4 N–H and O–H groups in total. The van der Waals surface area contributed by atoms with E-state index in [1.54, 1.807) is 43.5 Å². The maximum Gasteiger partial charge on any atom is 0.337 e. The van der Waals surface area contributed by atoms with Gasteiger partial charge in [0.15, 0.2) is 0 Å². The first-order chi connectivity index (χ1) is 20.2. The summed E-state index contributed by atoms with van der Waals surface area (Å²) in [6.45, 7) is 0.814. The zero-order valence-electron chi connectivity index (χ0n) is 23.1. The second kappa shape index (κ2) is 11.1. The topological polar surface area (TPSA) is 106 Å². The number of carbonyl (C=O) groups excluding carboxylic acids is 2. The number of anilines is 2. The van der Waals surface area contributed by atoms with Crippen LogP contribution in [-0.2, 0) is 20.7 Å². The van der Waals surface area contributed by atoms with Gasteiger partial charge in [-0.1, -0.05) is 47.5 Å². The van der Waals surface area contributed by atoms with E-state index in [4.69, 9.17) is 38.4 Å². The van der Waals surface area contributed by atoms with Crippen molar-refractivity contribution < 1.29 is 23.5 Å². The van der Waals surface area contributed by atoms with Crippen molar-refractivity contribution in [1.29, 1.82) is 0 Å². The predicted molar refractivity (Wildman–Crippen MR) is 160 cm³/mol. The second-order valence-electron chi connectivity index (χ2n) is 11.0. The number of nitrogens with one attached hydrogen (secondary N) is 2. The molecule has 1 amide bonds. The van der Waals surface area contributed by atoms with Gasteiger partial charge >= 0.3 is 5.97 Å². The number of carbonyl (C=O) groups is 2. The van der Waals surface area contributed by atoms with Crippen molar-refractivity contribution in [3.05, 3.63) is 92.7 Å². The molecular formula is C31H31Cl2FN4O4. The van der Waals surface area contributed by atoms with Gasteiger partial charge in [0.25, 0.3) is 0 Å².